The molecule has 0 aliphatic heterocycles. The average Bonchev–Trinajstić information content (AvgIpc) is 2.97. The molecule has 0 saturated carbocycles. The lowest BCUT2D eigenvalue weighted by molar-refractivity contribution is -0.136. The number of carbonyl (C=O) groups excluding carboxylic acids is 1. The van der Waals surface area contributed by atoms with Crippen molar-refractivity contribution in [3.63, 3.8) is 0 Å². The summed E-state index contributed by atoms with van der Waals surface area (Å²) < 4.78 is 47.1. The molecular formula is C31H19F3N4O2. The summed E-state index contributed by atoms with van der Waals surface area (Å²) in [5, 5.41) is 18.3. The number of rotatable bonds is 5. The summed E-state index contributed by atoms with van der Waals surface area (Å²) in [6.07, 6.45) is -1.62. The van der Waals surface area contributed by atoms with Crippen molar-refractivity contribution in [2.45, 2.75) is 6.18 Å². The number of nitrogens with one attached hydrogen (secondary N) is 1. The first-order valence-corrected chi connectivity index (χ1v) is 12.0. The molecule has 6 nitrogen and oxygen atoms in total. The number of aromatic nitrogens is 1. The minimum absolute atomic E-state index is 0.0919. The number of pyridine rings is 1. The standard InChI is InChI=1S/C31H19F3N4O2/c32-31(33,34)26-16-8-15-24-27(25(18-37-28(24)26)29(39)20-9-3-1-4-10-20)21-11-7-12-22(17-21)38(19-35)30(36)40-23-13-5-2-6-14-23/h1-18,36H. The van der Waals surface area contributed by atoms with Crippen LogP contribution in [0.4, 0.5) is 18.9 Å². The first-order valence-electron chi connectivity index (χ1n) is 12.0. The Morgan fingerprint density at radius 3 is 2.25 bits per heavy atom. The van der Waals surface area contributed by atoms with Crippen LogP contribution in [0, 0.1) is 16.9 Å². The van der Waals surface area contributed by atoms with Crippen LogP contribution in [-0.4, -0.2) is 16.8 Å². The summed E-state index contributed by atoms with van der Waals surface area (Å²) in [5.74, 6) is -0.0791. The molecule has 5 aromatic rings. The van der Waals surface area contributed by atoms with Crippen LogP contribution in [0.15, 0.2) is 109 Å². The van der Waals surface area contributed by atoms with Crippen molar-refractivity contribution in [2.75, 3.05) is 4.90 Å². The molecule has 1 heterocycles. The predicted octanol–water partition coefficient (Wildman–Crippen LogP) is 7.45. The van der Waals surface area contributed by atoms with Crippen LogP contribution in [0.1, 0.15) is 21.5 Å². The fourth-order valence-electron chi connectivity index (χ4n) is 4.35. The van der Waals surface area contributed by atoms with Crippen molar-refractivity contribution in [2.24, 2.45) is 0 Å². The zero-order valence-corrected chi connectivity index (χ0v) is 20.7. The van der Waals surface area contributed by atoms with Crippen LogP contribution in [0.2, 0.25) is 0 Å². The molecule has 0 atom stereocenters. The van der Waals surface area contributed by atoms with Crippen LogP contribution in [-0.2, 0) is 6.18 Å². The Kier molecular flexibility index (Phi) is 7.00. The van der Waals surface area contributed by atoms with Gasteiger partial charge in [-0.15, -0.1) is 0 Å². The fraction of sp³-hybridized carbons (Fsp3) is 0.0323. The third-order valence-electron chi connectivity index (χ3n) is 6.14. The van der Waals surface area contributed by atoms with E-state index >= 15 is 0 Å². The van der Waals surface area contributed by atoms with Crippen molar-refractivity contribution in [3.05, 3.63) is 126 Å². The zero-order valence-electron chi connectivity index (χ0n) is 20.7. The number of nitrogens with zero attached hydrogens (tertiary/aromatic N) is 3. The number of nitriles is 1. The Hall–Kier alpha value is -5.49. The van der Waals surface area contributed by atoms with Gasteiger partial charge in [0.15, 0.2) is 12.0 Å². The average molecular weight is 537 g/mol. The summed E-state index contributed by atoms with van der Waals surface area (Å²) in [4.78, 5) is 18.6. The molecule has 0 spiro atoms. The molecule has 0 radical (unpaired) electrons. The van der Waals surface area contributed by atoms with Crippen LogP contribution in [0.5, 0.6) is 5.75 Å². The number of anilines is 1. The number of para-hydroxylation sites is 2. The van der Waals surface area contributed by atoms with Gasteiger partial charge >= 0.3 is 12.2 Å². The molecule has 1 N–H and O–H groups in total. The molecule has 0 amide bonds. The first-order chi connectivity index (χ1) is 19.3. The Morgan fingerprint density at radius 2 is 1.57 bits per heavy atom. The van der Waals surface area contributed by atoms with Crippen molar-refractivity contribution in [1.82, 2.24) is 4.98 Å². The highest BCUT2D eigenvalue weighted by atomic mass is 19.4. The van der Waals surface area contributed by atoms with Gasteiger partial charge in [0.05, 0.1) is 16.8 Å². The predicted molar refractivity (Wildman–Crippen MR) is 145 cm³/mol. The fourth-order valence-corrected chi connectivity index (χ4v) is 4.35. The third kappa shape index (κ3) is 5.11. The van der Waals surface area contributed by atoms with E-state index in [2.05, 4.69) is 4.98 Å². The van der Waals surface area contributed by atoms with Crippen molar-refractivity contribution in [1.29, 1.82) is 10.7 Å². The van der Waals surface area contributed by atoms with Crippen LogP contribution in [0.25, 0.3) is 22.0 Å². The summed E-state index contributed by atoms with van der Waals surface area (Å²) in [7, 11) is 0. The van der Waals surface area contributed by atoms with Gasteiger partial charge < -0.3 is 4.74 Å². The van der Waals surface area contributed by atoms with Gasteiger partial charge in [-0.3, -0.25) is 9.78 Å². The van der Waals surface area contributed by atoms with Gasteiger partial charge in [0.2, 0.25) is 0 Å². The van der Waals surface area contributed by atoms with E-state index in [0.717, 1.165) is 17.2 Å². The summed E-state index contributed by atoms with van der Waals surface area (Å²) in [5.41, 5.74) is -0.0124. The monoisotopic (exact) mass is 536 g/mol. The van der Waals surface area contributed by atoms with E-state index in [1.165, 1.54) is 18.2 Å². The number of alkyl halides is 3. The van der Waals surface area contributed by atoms with Gasteiger partial charge in [-0.05, 0) is 35.9 Å². The molecule has 0 unspecified atom stereocenters. The molecule has 0 bridgehead atoms. The van der Waals surface area contributed by atoms with Crippen molar-refractivity contribution < 1.29 is 22.7 Å². The van der Waals surface area contributed by atoms with Crippen molar-refractivity contribution >= 4 is 28.4 Å². The third-order valence-corrected chi connectivity index (χ3v) is 6.14. The number of halogens is 3. The van der Waals surface area contributed by atoms with Crippen LogP contribution >= 0.6 is 0 Å². The lowest BCUT2D eigenvalue weighted by atomic mass is 9.91. The van der Waals surface area contributed by atoms with E-state index in [1.807, 2.05) is 6.19 Å². The first kappa shape index (κ1) is 26.1. The van der Waals surface area contributed by atoms with E-state index in [4.69, 9.17) is 10.1 Å². The molecule has 0 saturated heterocycles. The van der Waals surface area contributed by atoms with E-state index in [1.54, 1.807) is 78.9 Å². The molecule has 0 aliphatic rings. The van der Waals surface area contributed by atoms with E-state index in [9.17, 15) is 23.2 Å². The number of benzene rings is 4. The Balaban J connectivity index is 1.68. The molecule has 5 rings (SSSR count). The van der Waals surface area contributed by atoms with Gasteiger partial charge in [-0.2, -0.15) is 23.3 Å². The second-order valence-electron chi connectivity index (χ2n) is 8.65. The van der Waals surface area contributed by atoms with Crippen molar-refractivity contribution in [3.8, 4) is 23.1 Å². The highest BCUT2D eigenvalue weighted by molar-refractivity contribution is 6.17. The summed E-state index contributed by atoms with van der Waals surface area (Å²) >= 11 is 0. The zero-order chi connectivity index (χ0) is 28.3. The summed E-state index contributed by atoms with van der Waals surface area (Å²) in [6, 6.07) is 26.3. The quantitative estimate of drug-likeness (QED) is 0.0828. The largest absolute Gasteiger partial charge is 0.425 e. The number of ketones is 1. The van der Waals surface area contributed by atoms with Gasteiger partial charge in [-0.1, -0.05) is 72.8 Å². The minimum atomic E-state index is -4.67. The molecule has 196 valence electrons. The van der Waals surface area contributed by atoms with Crippen LogP contribution in [0.3, 0.4) is 0 Å². The van der Waals surface area contributed by atoms with Gasteiger partial charge in [-0.25, -0.2) is 5.41 Å². The maximum atomic E-state index is 13.9. The second kappa shape index (κ2) is 10.7. The van der Waals surface area contributed by atoms with Gasteiger partial charge in [0.1, 0.15) is 5.75 Å². The highest BCUT2D eigenvalue weighted by Gasteiger charge is 2.34. The number of hydrogen-bond acceptors (Lipinski definition) is 5. The Bertz CT molecular complexity index is 1770. The lowest BCUT2D eigenvalue weighted by Crippen LogP contribution is -2.29. The molecule has 4 aromatic carbocycles. The number of fused-ring (bicyclic) bond motifs is 1. The molecule has 0 fully saturated rings. The number of carbonyl (C=O) groups is 1. The maximum absolute atomic E-state index is 13.9. The smallest absolute Gasteiger partial charge is 0.418 e. The minimum Gasteiger partial charge on any atom is -0.425 e. The van der Waals surface area contributed by atoms with Gasteiger partial charge in [0, 0.05) is 28.3 Å². The molecule has 40 heavy (non-hydrogen) atoms. The Morgan fingerprint density at radius 1 is 0.900 bits per heavy atom. The lowest BCUT2D eigenvalue weighted by Gasteiger charge is -2.19. The SMILES string of the molecule is N#CN(C(=N)Oc1ccccc1)c1cccc(-c2c(C(=O)c3ccccc3)cnc3c(C(F)(F)F)cccc23)c1. The summed E-state index contributed by atoms with van der Waals surface area (Å²) in [6.45, 7) is 0. The molecule has 1 aromatic heterocycles. The highest BCUT2D eigenvalue weighted by Crippen LogP contribution is 2.39. The van der Waals surface area contributed by atoms with E-state index in [-0.39, 0.29) is 27.7 Å². The topological polar surface area (TPSA) is 90.1 Å². The maximum Gasteiger partial charge on any atom is 0.418 e. The number of amidine groups is 1. The molecule has 9 heteroatoms. The number of ether oxygens (including phenoxy) is 1. The normalized spacial score (nSPS) is 11.1. The second-order valence-corrected chi connectivity index (χ2v) is 8.65. The van der Waals surface area contributed by atoms with E-state index in [0.29, 0.717) is 16.9 Å². The van der Waals surface area contributed by atoms with Crippen LogP contribution < -0.4 is 9.64 Å². The van der Waals surface area contributed by atoms with Gasteiger partial charge in [0.25, 0.3) is 0 Å². The number of hydrogen-bond donors (Lipinski definition) is 1. The molecule has 0 aliphatic carbocycles. The Labute approximate surface area is 227 Å². The van der Waals surface area contributed by atoms with E-state index < -0.39 is 23.5 Å². The molecular weight excluding hydrogens is 517 g/mol.